The molecule has 0 saturated carbocycles. The van der Waals surface area contributed by atoms with Gasteiger partial charge in [0.25, 0.3) is 0 Å². The van der Waals surface area contributed by atoms with Gasteiger partial charge in [-0.1, -0.05) is 0 Å². The molecule has 0 aromatic carbocycles. The monoisotopic (exact) mass is 303 g/mol. The molecule has 2 rings (SSSR count). The summed E-state index contributed by atoms with van der Waals surface area (Å²) in [5, 5.41) is 4.23. The van der Waals surface area contributed by atoms with E-state index < -0.39 is 0 Å². The standard InChI is InChI=1S/C10H11BrFN3S/c1-6(2)14-9-7-3-4-15(16-12)10(7)13-5-8(9)11/h3-6H,1-2H3,(H,13,14). The van der Waals surface area contributed by atoms with Crippen molar-refractivity contribution in [2.24, 2.45) is 0 Å². The van der Waals surface area contributed by atoms with Crippen LogP contribution in [0.2, 0.25) is 0 Å². The van der Waals surface area contributed by atoms with Gasteiger partial charge in [-0.25, -0.2) is 8.96 Å². The quantitative estimate of drug-likeness (QED) is 0.929. The van der Waals surface area contributed by atoms with Crippen LogP contribution >= 0.6 is 28.3 Å². The van der Waals surface area contributed by atoms with Gasteiger partial charge in [0, 0.05) is 23.8 Å². The number of rotatable bonds is 3. The average molecular weight is 304 g/mol. The summed E-state index contributed by atoms with van der Waals surface area (Å²) in [6.07, 6.45) is 3.35. The Balaban J connectivity index is 2.61. The SMILES string of the molecule is CC(C)Nc1c(Br)cnc2c1ccn2SF. The summed E-state index contributed by atoms with van der Waals surface area (Å²) in [4.78, 5) is 4.19. The van der Waals surface area contributed by atoms with Crippen LogP contribution < -0.4 is 5.32 Å². The van der Waals surface area contributed by atoms with Crippen LogP contribution in [0.4, 0.5) is 9.57 Å². The lowest BCUT2D eigenvalue weighted by atomic mass is 10.2. The Bertz CT molecular complexity index is 512. The maximum atomic E-state index is 12.6. The topological polar surface area (TPSA) is 29.9 Å². The Kier molecular flexibility index (Phi) is 3.39. The molecule has 0 bridgehead atoms. The number of fused-ring (bicyclic) bond motifs is 1. The lowest BCUT2D eigenvalue weighted by molar-refractivity contribution is 0.900. The predicted octanol–water partition coefficient (Wildman–Crippen LogP) is 4.00. The number of hydrogen-bond acceptors (Lipinski definition) is 3. The molecule has 2 aromatic rings. The van der Waals surface area contributed by atoms with E-state index in [0.717, 1.165) is 15.5 Å². The normalized spacial score (nSPS) is 11.3. The fraction of sp³-hybridized carbons (Fsp3) is 0.300. The summed E-state index contributed by atoms with van der Waals surface area (Å²) in [6, 6.07) is 2.16. The Labute approximate surface area is 106 Å². The minimum atomic E-state index is 0.149. The van der Waals surface area contributed by atoms with E-state index in [1.807, 2.05) is 6.07 Å². The molecule has 0 aliphatic rings. The Hall–Kier alpha value is -0.750. The van der Waals surface area contributed by atoms with E-state index in [-0.39, 0.29) is 12.3 Å². The smallest absolute Gasteiger partial charge is 0.171 e. The summed E-state index contributed by atoms with van der Waals surface area (Å²) < 4.78 is 14.9. The van der Waals surface area contributed by atoms with Gasteiger partial charge in [0.15, 0.2) is 18.0 Å². The summed E-state index contributed by atoms with van der Waals surface area (Å²) >= 11 is 3.59. The minimum Gasteiger partial charge on any atom is -0.381 e. The van der Waals surface area contributed by atoms with Crippen molar-refractivity contribution in [2.45, 2.75) is 19.9 Å². The van der Waals surface area contributed by atoms with Crippen LogP contribution in [0.15, 0.2) is 22.9 Å². The van der Waals surface area contributed by atoms with Gasteiger partial charge >= 0.3 is 0 Å². The highest BCUT2D eigenvalue weighted by Crippen LogP contribution is 2.32. The molecule has 1 N–H and O–H groups in total. The molecule has 3 nitrogen and oxygen atoms in total. The Morgan fingerprint density at radius 2 is 2.31 bits per heavy atom. The second-order valence-corrected chi connectivity index (χ2v) is 5.11. The van der Waals surface area contributed by atoms with Crippen LogP contribution in [0.3, 0.4) is 0 Å². The van der Waals surface area contributed by atoms with E-state index in [1.54, 1.807) is 12.4 Å². The van der Waals surface area contributed by atoms with Crippen molar-refractivity contribution >= 4 is 45.0 Å². The molecule has 0 radical (unpaired) electrons. The summed E-state index contributed by atoms with van der Waals surface area (Å²) in [5.74, 6) is 0. The van der Waals surface area contributed by atoms with Crippen molar-refractivity contribution in [1.82, 2.24) is 8.96 Å². The van der Waals surface area contributed by atoms with Crippen molar-refractivity contribution < 1.29 is 3.89 Å². The van der Waals surface area contributed by atoms with Crippen LogP contribution in [0.1, 0.15) is 13.8 Å². The third-order valence-electron chi connectivity index (χ3n) is 2.14. The van der Waals surface area contributed by atoms with Crippen LogP contribution in [0.25, 0.3) is 11.0 Å². The van der Waals surface area contributed by atoms with Gasteiger partial charge in [0.05, 0.1) is 10.2 Å². The number of hydrogen-bond donors (Lipinski definition) is 1. The maximum absolute atomic E-state index is 12.6. The molecule has 0 unspecified atom stereocenters. The van der Waals surface area contributed by atoms with E-state index >= 15 is 0 Å². The van der Waals surface area contributed by atoms with Gasteiger partial charge in [-0.05, 0) is 35.8 Å². The largest absolute Gasteiger partial charge is 0.381 e. The first-order chi connectivity index (χ1) is 7.63. The van der Waals surface area contributed by atoms with E-state index in [4.69, 9.17) is 0 Å². The average Bonchev–Trinajstić information content (AvgIpc) is 2.65. The first-order valence-electron chi connectivity index (χ1n) is 4.84. The van der Waals surface area contributed by atoms with Crippen LogP contribution in [0, 0.1) is 0 Å². The van der Waals surface area contributed by atoms with Crippen molar-refractivity contribution in [2.75, 3.05) is 5.32 Å². The van der Waals surface area contributed by atoms with Crippen molar-refractivity contribution in [3.8, 4) is 0 Å². The molecule has 0 spiro atoms. The fourth-order valence-electron chi connectivity index (χ4n) is 1.53. The predicted molar refractivity (Wildman–Crippen MR) is 70.3 cm³/mol. The van der Waals surface area contributed by atoms with Gasteiger partial charge in [-0.2, -0.15) is 0 Å². The molecule has 0 fully saturated rings. The highest BCUT2D eigenvalue weighted by Gasteiger charge is 2.11. The van der Waals surface area contributed by atoms with Gasteiger partial charge in [0.2, 0.25) is 0 Å². The summed E-state index contributed by atoms with van der Waals surface area (Å²) in [7, 11) is 0. The molecule has 6 heteroatoms. The number of pyridine rings is 1. The van der Waals surface area contributed by atoms with E-state index in [1.165, 1.54) is 3.97 Å². The van der Waals surface area contributed by atoms with Gasteiger partial charge in [-0.3, -0.25) is 0 Å². The molecule has 16 heavy (non-hydrogen) atoms. The zero-order chi connectivity index (χ0) is 11.7. The van der Waals surface area contributed by atoms with Crippen molar-refractivity contribution in [1.29, 1.82) is 0 Å². The van der Waals surface area contributed by atoms with Crippen molar-refractivity contribution in [3.05, 3.63) is 22.9 Å². The second-order valence-electron chi connectivity index (χ2n) is 3.73. The highest BCUT2D eigenvalue weighted by atomic mass is 79.9. The van der Waals surface area contributed by atoms with Gasteiger partial charge in [0.1, 0.15) is 0 Å². The molecular formula is C10H11BrFN3S. The minimum absolute atomic E-state index is 0.149. The molecule has 2 heterocycles. The summed E-state index contributed by atoms with van der Waals surface area (Å²) in [6.45, 7) is 4.11. The van der Waals surface area contributed by atoms with Gasteiger partial charge < -0.3 is 5.32 Å². The van der Waals surface area contributed by atoms with Crippen LogP contribution in [-0.2, 0) is 0 Å². The molecule has 0 atom stereocenters. The molecular weight excluding hydrogens is 293 g/mol. The second kappa shape index (κ2) is 4.63. The highest BCUT2D eigenvalue weighted by molar-refractivity contribution is 9.10. The third kappa shape index (κ3) is 2.04. The zero-order valence-electron chi connectivity index (χ0n) is 8.87. The third-order valence-corrected chi connectivity index (χ3v) is 3.19. The number of halogens is 2. The molecule has 2 aromatic heterocycles. The molecule has 0 aliphatic carbocycles. The van der Waals surface area contributed by atoms with E-state index in [0.29, 0.717) is 11.7 Å². The maximum Gasteiger partial charge on any atom is 0.171 e. The number of nitrogens with zero attached hydrogens (tertiary/aromatic N) is 2. The number of anilines is 1. The molecule has 86 valence electrons. The molecule has 0 amide bonds. The lowest BCUT2D eigenvalue weighted by Gasteiger charge is -2.12. The number of aromatic nitrogens is 2. The van der Waals surface area contributed by atoms with Crippen LogP contribution in [-0.4, -0.2) is 15.0 Å². The van der Waals surface area contributed by atoms with Gasteiger partial charge in [-0.15, -0.1) is 3.89 Å². The lowest BCUT2D eigenvalue weighted by Crippen LogP contribution is -2.10. The molecule has 0 saturated heterocycles. The zero-order valence-corrected chi connectivity index (χ0v) is 11.3. The first kappa shape index (κ1) is 11.7. The Morgan fingerprint density at radius 3 is 2.94 bits per heavy atom. The summed E-state index contributed by atoms with van der Waals surface area (Å²) in [5.41, 5.74) is 1.58. The molecule has 0 aliphatic heterocycles. The Morgan fingerprint density at radius 1 is 1.56 bits per heavy atom. The van der Waals surface area contributed by atoms with Crippen molar-refractivity contribution in [3.63, 3.8) is 0 Å². The fourth-order valence-corrected chi connectivity index (χ4v) is 2.28. The van der Waals surface area contributed by atoms with Crippen LogP contribution in [0.5, 0.6) is 0 Å². The van der Waals surface area contributed by atoms with E-state index in [2.05, 4.69) is 40.1 Å². The van der Waals surface area contributed by atoms with E-state index in [9.17, 15) is 3.89 Å². The first-order valence-corrected chi connectivity index (χ1v) is 6.31. The number of nitrogens with one attached hydrogen (secondary N) is 1.